The van der Waals surface area contributed by atoms with Crippen LogP contribution in [0.15, 0.2) is 29.3 Å². The first-order valence-corrected chi connectivity index (χ1v) is 8.26. The summed E-state index contributed by atoms with van der Waals surface area (Å²) in [5.74, 6) is 1.49. The molecule has 1 amide bonds. The monoisotopic (exact) mass is 350 g/mol. The number of rotatable bonds is 6. The van der Waals surface area contributed by atoms with Crippen molar-refractivity contribution in [2.24, 2.45) is 4.99 Å². The third-order valence-electron chi connectivity index (χ3n) is 3.26. The second-order valence-electron chi connectivity index (χ2n) is 6.61. The van der Waals surface area contributed by atoms with Gasteiger partial charge in [-0.15, -0.1) is 0 Å². The van der Waals surface area contributed by atoms with E-state index in [4.69, 9.17) is 9.47 Å². The number of carbonyl (C=O) groups is 1. The number of amides is 1. The van der Waals surface area contributed by atoms with Crippen molar-refractivity contribution in [1.29, 1.82) is 0 Å². The molecule has 2 N–H and O–H groups in total. The van der Waals surface area contributed by atoms with Crippen LogP contribution >= 0.6 is 0 Å². The van der Waals surface area contributed by atoms with E-state index in [-0.39, 0.29) is 6.09 Å². The molecule has 140 valence electrons. The molecule has 0 aromatic heterocycles. The fraction of sp³-hybridized carbons (Fsp3) is 0.556. The molecule has 0 bridgehead atoms. The minimum Gasteiger partial charge on any atom is -0.497 e. The van der Waals surface area contributed by atoms with Crippen LogP contribution in [0.1, 0.15) is 26.3 Å². The molecule has 0 aliphatic carbocycles. The average Bonchev–Trinajstić information content (AvgIpc) is 2.56. The molecule has 0 spiro atoms. The highest BCUT2D eigenvalue weighted by Gasteiger charge is 2.19. The highest BCUT2D eigenvalue weighted by atomic mass is 16.6. The van der Waals surface area contributed by atoms with E-state index in [1.165, 1.54) is 4.90 Å². The molecule has 0 atom stereocenters. The van der Waals surface area contributed by atoms with Crippen molar-refractivity contribution in [1.82, 2.24) is 15.5 Å². The normalized spacial score (nSPS) is 11.7. The van der Waals surface area contributed by atoms with Gasteiger partial charge in [0.05, 0.1) is 7.11 Å². The summed E-state index contributed by atoms with van der Waals surface area (Å²) in [6.45, 7) is 7.24. The number of ether oxygens (including phenoxy) is 2. The van der Waals surface area contributed by atoms with Gasteiger partial charge in [-0.1, -0.05) is 12.1 Å². The maximum atomic E-state index is 11.9. The minimum absolute atomic E-state index is 0.339. The number of hydrogen-bond acceptors (Lipinski definition) is 4. The SMILES string of the molecule is CN=C(NCCN(C)C(=O)OC(C)(C)C)NCc1cccc(OC)c1. The van der Waals surface area contributed by atoms with Crippen LogP contribution in [0.5, 0.6) is 5.75 Å². The van der Waals surface area contributed by atoms with Crippen LogP contribution < -0.4 is 15.4 Å². The maximum absolute atomic E-state index is 11.9. The number of nitrogens with one attached hydrogen (secondary N) is 2. The van der Waals surface area contributed by atoms with E-state index < -0.39 is 5.60 Å². The fourth-order valence-electron chi connectivity index (χ4n) is 1.96. The molecule has 1 aromatic carbocycles. The summed E-state index contributed by atoms with van der Waals surface area (Å²) in [4.78, 5) is 17.6. The third kappa shape index (κ3) is 8.28. The maximum Gasteiger partial charge on any atom is 0.410 e. The zero-order valence-electron chi connectivity index (χ0n) is 16.0. The van der Waals surface area contributed by atoms with Gasteiger partial charge >= 0.3 is 6.09 Å². The highest BCUT2D eigenvalue weighted by Crippen LogP contribution is 2.12. The van der Waals surface area contributed by atoms with Crippen molar-refractivity contribution < 1.29 is 14.3 Å². The van der Waals surface area contributed by atoms with Gasteiger partial charge in [-0.25, -0.2) is 4.79 Å². The Hall–Kier alpha value is -2.44. The number of nitrogens with zero attached hydrogens (tertiary/aromatic N) is 2. The van der Waals surface area contributed by atoms with E-state index in [9.17, 15) is 4.79 Å². The molecule has 25 heavy (non-hydrogen) atoms. The summed E-state index contributed by atoms with van der Waals surface area (Å²) in [5.41, 5.74) is 0.598. The lowest BCUT2D eigenvalue weighted by Crippen LogP contribution is -2.42. The van der Waals surface area contributed by atoms with Gasteiger partial charge in [0.2, 0.25) is 0 Å². The van der Waals surface area contributed by atoms with E-state index >= 15 is 0 Å². The number of carbonyl (C=O) groups excluding carboxylic acids is 1. The molecule has 0 saturated heterocycles. The van der Waals surface area contributed by atoms with E-state index in [0.29, 0.717) is 25.6 Å². The van der Waals surface area contributed by atoms with Gasteiger partial charge in [0, 0.05) is 33.7 Å². The number of hydrogen-bond donors (Lipinski definition) is 2. The lowest BCUT2D eigenvalue weighted by atomic mass is 10.2. The van der Waals surface area contributed by atoms with Crippen molar-refractivity contribution in [3.05, 3.63) is 29.8 Å². The summed E-state index contributed by atoms with van der Waals surface area (Å²) in [7, 11) is 5.06. The Kier molecular flexibility index (Phi) is 8.04. The van der Waals surface area contributed by atoms with Crippen LogP contribution in [0.3, 0.4) is 0 Å². The zero-order valence-corrected chi connectivity index (χ0v) is 16.0. The number of guanidine groups is 1. The van der Waals surface area contributed by atoms with Crippen molar-refractivity contribution in [2.75, 3.05) is 34.3 Å². The number of benzene rings is 1. The van der Waals surface area contributed by atoms with Crippen molar-refractivity contribution in [3.63, 3.8) is 0 Å². The lowest BCUT2D eigenvalue weighted by Gasteiger charge is -2.24. The molecular weight excluding hydrogens is 320 g/mol. The van der Waals surface area contributed by atoms with Crippen LogP contribution in [0.4, 0.5) is 4.79 Å². The largest absolute Gasteiger partial charge is 0.497 e. The van der Waals surface area contributed by atoms with Crippen LogP contribution in [0.2, 0.25) is 0 Å². The summed E-state index contributed by atoms with van der Waals surface area (Å²) in [5, 5.41) is 6.40. The molecular formula is C18H30N4O3. The Morgan fingerprint density at radius 1 is 1.28 bits per heavy atom. The highest BCUT2D eigenvalue weighted by molar-refractivity contribution is 5.79. The first kappa shape index (κ1) is 20.6. The van der Waals surface area contributed by atoms with E-state index in [2.05, 4.69) is 15.6 Å². The Bertz CT molecular complexity index is 582. The van der Waals surface area contributed by atoms with Crippen molar-refractivity contribution >= 4 is 12.1 Å². The first-order chi connectivity index (χ1) is 11.7. The molecule has 0 fully saturated rings. The van der Waals surface area contributed by atoms with Gasteiger partial charge < -0.3 is 25.0 Å². The standard InChI is InChI=1S/C18H30N4O3/c1-18(2,3)25-17(23)22(5)11-10-20-16(19-4)21-13-14-8-7-9-15(12-14)24-6/h7-9,12H,10-11,13H2,1-6H3,(H2,19,20,21). The van der Waals surface area contributed by atoms with Crippen molar-refractivity contribution in [2.45, 2.75) is 32.9 Å². The number of aliphatic imine (C=N–C) groups is 1. The summed E-state index contributed by atoms with van der Waals surface area (Å²) >= 11 is 0. The minimum atomic E-state index is -0.493. The number of likely N-dealkylation sites (N-methyl/N-ethyl adjacent to an activating group) is 1. The lowest BCUT2D eigenvalue weighted by molar-refractivity contribution is 0.0302. The van der Waals surface area contributed by atoms with E-state index in [1.807, 2.05) is 45.0 Å². The zero-order chi connectivity index (χ0) is 18.9. The fourth-order valence-corrected chi connectivity index (χ4v) is 1.96. The van der Waals surface area contributed by atoms with Gasteiger partial charge in [0.15, 0.2) is 5.96 Å². The van der Waals surface area contributed by atoms with Crippen LogP contribution in [0.25, 0.3) is 0 Å². The third-order valence-corrected chi connectivity index (χ3v) is 3.26. The Labute approximate surface area is 150 Å². The molecule has 1 rings (SSSR count). The van der Waals surface area contributed by atoms with Gasteiger partial charge in [-0.2, -0.15) is 0 Å². The number of methoxy groups -OCH3 is 1. The molecule has 0 unspecified atom stereocenters. The molecule has 7 heteroatoms. The molecule has 0 radical (unpaired) electrons. The smallest absolute Gasteiger partial charge is 0.410 e. The van der Waals surface area contributed by atoms with Gasteiger partial charge in [0.1, 0.15) is 11.4 Å². The predicted molar refractivity (Wildman–Crippen MR) is 100 cm³/mol. The summed E-state index contributed by atoms with van der Waals surface area (Å²) in [6.07, 6.45) is -0.339. The molecule has 0 saturated carbocycles. The van der Waals surface area contributed by atoms with Crippen LogP contribution in [0, 0.1) is 0 Å². The van der Waals surface area contributed by atoms with Gasteiger partial charge in [-0.3, -0.25) is 4.99 Å². The predicted octanol–water partition coefficient (Wildman–Crippen LogP) is 2.23. The molecule has 7 nitrogen and oxygen atoms in total. The Balaban J connectivity index is 2.38. The Morgan fingerprint density at radius 3 is 2.60 bits per heavy atom. The molecule has 0 heterocycles. The average molecular weight is 350 g/mol. The summed E-state index contributed by atoms with van der Waals surface area (Å²) in [6, 6.07) is 7.83. The first-order valence-electron chi connectivity index (χ1n) is 8.26. The van der Waals surface area contributed by atoms with Crippen LogP contribution in [-0.4, -0.2) is 56.8 Å². The van der Waals surface area contributed by atoms with Crippen LogP contribution in [-0.2, 0) is 11.3 Å². The topological polar surface area (TPSA) is 75.2 Å². The quantitative estimate of drug-likeness (QED) is 0.608. The van der Waals surface area contributed by atoms with Gasteiger partial charge in [-0.05, 0) is 38.5 Å². The van der Waals surface area contributed by atoms with E-state index in [0.717, 1.165) is 11.3 Å². The molecule has 0 aliphatic heterocycles. The van der Waals surface area contributed by atoms with Gasteiger partial charge in [0.25, 0.3) is 0 Å². The van der Waals surface area contributed by atoms with Crippen molar-refractivity contribution in [3.8, 4) is 5.75 Å². The molecule has 0 aliphatic rings. The molecule has 1 aromatic rings. The van der Waals surface area contributed by atoms with E-state index in [1.54, 1.807) is 21.2 Å². The Morgan fingerprint density at radius 2 is 2.00 bits per heavy atom. The second-order valence-corrected chi connectivity index (χ2v) is 6.61. The summed E-state index contributed by atoms with van der Waals surface area (Å²) < 4.78 is 10.5. The second kappa shape index (κ2) is 9.76.